The minimum Gasteiger partial charge on any atom is -0.338 e. The zero-order valence-corrected chi connectivity index (χ0v) is 13.5. The van der Waals surface area contributed by atoms with E-state index in [-0.39, 0.29) is 0 Å². The molecular formula is C17H13ClN6. The molecule has 4 aromatic rings. The molecule has 0 saturated carbocycles. The van der Waals surface area contributed by atoms with Crippen molar-refractivity contribution >= 4 is 45.8 Å². The summed E-state index contributed by atoms with van der Waals surface area (Å²) in [5.74, 6) is 0.330. The highest BCUT2D eigenvalue weighted by Crippen LogP contribution is 2.23. The number of H-pyrrole nitrogens is 1. The Kier molecular flexibility index (Phi) is 3.59. The molecular weight excluding hydrogens is 324 g/mol. The zero-order chi connectivity index (χ0) is 16.5. The minimum atomic E-state index is 0.330. The summed E-state index contributed by atoms with van der Waals surface area (Å²) in [6.07, 6.45) is 1.67. The molecule has 2 aromatic carbocycles. The number of aromatic nitrogens is 4. The summed E-state index contributed by atoms with van der Waals surface area (Å²) in [5.41, 5.74) is 7.28. The third-order valence-corrected chi connectivity index (χ3v) is 3.87. The molecule has 0 aliphatic rings. The van der Waals surface area contributed by atoms with Gasteiger partial charge in [-0.2, -0.15) is 10.1 Å². The first kappa shape index (κ1) is 14.6. The smallest absolute Gasteiger partial charge is 0.265 e. The average Bonchev–Trinajstić information content (AvgIpc) is 2.94. The maximum absolute atomic E-state index is 5.85. The molecule has 24 heavy (non-hydrogen) atoms. The Morgan fingerprint density at radius 3 is 2.79 bits per heavy atom. The third kappa shape index (κ3) is 2.79. The second kappa shape index (κ2) is 5.90. The largest absolute Gasteiger partial charge is 0.338 e. The van der Waals surface area contributed by atoms with E-state index in [1.54, 1.807) is 18.3 Å². The van der Waals surface area contributed by atoms with Gasteiger partial charge in [0.05, 0.1) is 6.21 Å². The van der Waals surface area contributed by atoms with Crippen LogP contribution in [0.25, 0.3) is 22.1 Å². The van der Waals surface area contributed by atoms with Crippen molar-refractivity contribution in [3.05, 3.63) is 58.6 Å². The first-order valence-corrected chi connectivity index (χ1v) is 7.74. The summed E-state index contributed by atoms with van der Waals surface area (Å²) in [5, 5.41) is 14.1. The van der Waals surface area contributed by atoms with Gasteiger partial charge in [0.1, 0.15) is 5.52 Å². The van der Waals surface area contributed by atoms with Crippen molar-refractivity contribution in [1.29, 1.82) is 0 Å². The molecule has 0 radical (unpaired) electrons. The average molecular weight is 337 g/mol. The SMILES string of the molecule is Cc1ccc2[nH]c3nc(N/N=C\c4ccc(Cl)cc4)nnc3c2c1. The first-order valence-electron chi connectivity index (χ1n) is 7.36. The fourth-order valence-electron chi connectivity index (χ4n) is 2.45. The normalized spacial score (nSPS) is 11.6. The fourth-order valence-corrected chi connectivity index (χ4v) is 2.57. The summed E-state index contributed by atoms with van der Waals surface area (Å²) in [4.78, 5) is 7.65. The Morgan fingerprint density at radius 1 is 1.12 bits per heavy atom. The number of rotatable bonds is 3. The van der Waals surface area contributed by atoms with Crippen LogP contribution in [0.5, 0.6) is 0 Å². The summed E-state index contributed by atoms with van der Waals surface area (Å²) in [7, 11) is 0. The Morgan fingerprint density at radius 2 is 1.96 bits per heavy atom. The van der Waals surface area contributed by atoms with Crippen LogP contribution in [0.3, 0.4) is 0 Å². The standard InChI is InChI=1S/C17H13ClN6/c1-10-2-7-14-13(8-10)15-16(20-14)21-17(24-22-15)23-19-9-11-3-5-12(18)6-4-11/h2-9H,1H3,(H2,20,21,23,24)/b19-9-. The minimum absolute atomic E-state index is 0.330. The van der Waals surface area contributed by atoms with E-state index in [0.717, 1.165) is 22.0 Å². The van der Waals surface area contributed by atoms with Gasteiger partial charge in [-0.1, -0.05) is 35.4 Å². The van der Waals surface area contributed by atoms with Crippen molar-refractivity contribution < 1.29 is 0 Å². The van der Waals surface area contributed by atoms with Gasteiger partial charge in [-0.05, 0) is 36.8 Å². The van der Waals surface area contributed by atoms with Crippen LogP contribution in [-0.2, 0) is 0 Å². The summed E-state index contributed by atoms with van der Waals surface area (Å²) < 4.78 is 0. The molecule has 0 fully saturated rings. The molecule has 0 aliphatic heterocycles. The fraction of sp³-hybridized carbons (Fsp3) is 0.0588. The molecule has 7 heteroatoms. The van der Waals surface area contributed by atoms with Crippen molar-refractivity contribution in [2.75, 3.05) is 5.43 Å². The van der Waals surface area contributed by atoms with Crippen LogP contribution in [-0.4, -0.2) is 26.4 Å². The summed E-state index contributed by atoms with van der Waals surface area (Å²) in [6.45, 7) is 2.04. The van der Waals surface area contributed by atoms with Gasteiger partial charge in [0, 0.05) is 15.9 Å². The lowest BCUT2D eigenvalue weighted by Crippen LogP contribution is -1.98. The third-order valence-electron chi connectivity index (χ3n) is 3.62. The van der Waals surface area contributed by atoms with Gasteiger partial charge in [-0.15, -0.1) is 10.2 Å². The van der Waals surface area contributed by atoms with E-state index in [0.29, 0.717) is 16.6 Å². The van der Waals surface area contributed by atoms with Gasteiger partial charge in [0.25, 0.3) is 5.95 Å². The first-order chi connectivity index (χ1) is 11.7. The summed E-state index contributed by atoms with van der Waals surface area (Å²) >= 11 is 5.85. The quantitative estimate of drug-likeness (QED) is 0.439. The van der Waals surface area contributed by atoms with E-state index in [1.807, 2.05) is 31.2 Å². The van der Waals surface area contributed by atoms with Gasteiger partial charge in [0.15, 0.2) is 5.65 Å². The van der Waals surface area contributed by atoms with Crippen molar-refractivity contribution in [2.45, 2.75) is 6.92 Å². The van der Waals surface area contributed by atoms with Crippen LogP contribution in [0.1, 0.15) is 11.1 Å². The number of halogens is 1. The van der Waals surface area contributed by atoms with Crippen LogP contribution in [0.4, 0.5) is 5.95 Å². The van der Waals surface area contributed by atoms with E-state index in [1.165, 1.54) is 5.56 Å². The molecule has 2 N–H and O–H groups in total. The molecule has 0 aliphatic carbocycles. The monoisotopic (exact) mass is 336 g/mol. The maximum Gasteiger partial charge on any atom is 0.265 e. The number of hydrazone groups is 1. The lowest BCUT2D eigenvalue weighted by Gasteiger charge is -1.97. The lowest BCUT2D eigenvalue weighted by atomic mass is 10.2. The molecule has 0 unspecified atom stereocenters. The van der Waals surface area contributed by atoms with Gasteiger partial charge in [0.2, 0.25) is 0 Å². The van der Waals surface area contributed by atoms with Gasteiger partial charge in [-0.3, -0.25) is 0 Å². The van der Waals surface area contributed by atoms with Crippen LogP contribution in [0.15, 0.2) is 47.6 Å². The lowest BCUT2D eigenvalue weighted by molar-refractivity contribution is 1.01. The molecule has 4 rings (SSSR count). The van der Waals surface area contributed by atoms with E-state index >= 15 is 0 Å². The van der Waals surface area contributed by atoms with E-state index in [4.69, 9.17) is 11.6 Å². The topological polar surface area (TPSA) is 78.9 Å². The molecule has 0 bridgehead atoms. The number of nitrogens with one attached hydrogen (secondary N) is 2. The highest BCUT2D eigenvalue weighted by molar-refractivity contribution is 6.30. The number of anilines is 1. The molecule has 0 spiro atoms. The van der Waals surface area contributed by atoms with Crippen molar-refractivity contribution in [2.24, 2.45) is 5.10 Å². The highest BCUT2D eigenvalue weighted by atomic mass is 35.5. The number of aromatic amines is 1. The second-order valence-electron chi connectivity index (χ2n) is 5.43. The highest BCUT2D eigenvalue weighted by Gasteiger charge is 2.08. The maximum atomic E-state index is 5.85. The Labute approximate surface area is 142 Å². The Hall–Kier alpha value is -2.99. The molecule has 118 valence electrons. The number of hydrogen-bond donors (Lipinski definition) is 2. The molecule has 2 heterocycles. The molecule has 0 amide bonds. The molecule has 2 aromatic heterocycles. The summed E-state index contributed by atoms with van der Waals surface area (Å²) in [6, 6.07) is 13.5. The predicted molar refractivity (Wildman–Crippen MR) is 96.6 cm³/mol. The molecule has 0 atom stereocenters. The number of hydrogen-bond acceptors (Lipinski definition) is 5. The predicted octanol–water partition coefficient (Wildman–Crippen LogP) is 3.91. The second-order valence-corrected chi connectivity index (χ2v) is 5.86. The van der Waals surface area contributed by atoms with Crippen LogP contribution in [0, 0.1) is 6.92 Å². The van der Waals surface area contributed by atoms with Crippen LogP contribution >= 0.6 is 11.6 Å². The van der Waals surface area contributed by atoms with E-state index < -0.39 is 0 Å². The molecule has 0 saturated heterocycles. The Balaban J connectivity index is 1.60. The number of aryl methyl sites for hydroxylation is 1. The van der Waals surface area contributed by atoms with Crippen LogP contribution < -0.4 is 5.43 Å². The zero-order valence-electron chi connectivity index (χ0n) is 12.8. The van der Waals surface area contributed by atoms with Gasteiger partial charge in [-0.25, -0.2) is 5.43 Å². The van der Waals surface area contributed by atoms with Gasteiger partial charge >= 0.3 is 0 Å². The number of benzene rings is 2. The Bertz CT molecular complexity index is 1050. The van der Waals surface area contributed by atoms with Gasteiger partial charge < -0.3 is 4.98 Å². The van der Waals surface area contributed by atoms with Crippen molar-refractivity contribution in [1.82, 2.24) is 20.2 Å². The van der Waals surface area contributed by atoms with E-state index in [2.05, 4.69) is 36.8 Å². The van der Waals surface area contributed by atoms with E-state index in [9.17, 15) is 0 Å². The number of fused-ring (bicyclic) bond motifs is 3. The van der Waals surface area contributed by atoms with Crippen LogP contribution in [0.2, 0.25) is 5.02 Å². The van der Waals surface area contributed by atoms with Crippen molar-refractivity contribution in [3.8, 4) is 0 Å². The van der Waals surface area contributed by atoms with Crippen molar-refractivity contribution in [3.63, 3.8) is 0 Å². The molecule has 6 nitrogen and oxygen atoms in total. The number of nitrogens with zero attached hydrogens (tertiary/aromatic N) is 4.